The molecule has 8 heteroatoms. The fourth-order valence-electron chi connectivity index (χ4n) is 2.84. The maximum absolute atomic E-state index is 13.0. The zero-order valence-corrected chi connectivity index (χ0v) is 16.1. The van der Waals surface area contributed by atoms with Crippen LogP contribution >= 0.6 is 11.6 Å². The van der Waals surface area contributed by atoms with Gasteiger partial charge < -0.3 is 16.0 Å². The Labute approximate surface area is 172 Å². The zero-order valence-electron chi connectivity index (χ0n) is 15.4. The van der Waals surface area contributed by atoms with Gasteiger partial charge in [-0.1, -0.05) is 11.6 Å². The molecule has 0 aliphatic heterocycles. The third kappa shape index (κ3) is 4.89. The number of hydrogen-bond acceptors (Lipinski definition) is 6. The third-order valence-electron chi connectivity index (χ3n) is 4.20. The van der Waals surface area contributed by atoms with Gasteiger partial charge >= 0.3 is 0 Å². The van der Waals surface area contributed by atoms with Crippen LogP contribution in [-0.4, -0.2) is 28.0 Å². The number of benzene rings is 2. The first-order chi connectivity index (χ1) is 14.2. The van der Waals surface area contributed by atoms with E-state index in [2.05, 4.69) is 30.9 Å². The van der Waals surface area contributed by atoms with Crippen LogP contribution in [0.15, 0.2) is 67.0 Å². The Bertz CT molecular complexity index is 1120. The molecule has 0 atom stereocenters. The fraction of sp³-hybridized carbons (Fsp3) is 0.0952. The molecule has 3 N–H and O–H groups in total. The summed E-state index contributed by atoms with van der Waals surface area (Å²) in [4.78, 5) is 13.0. The van der Waals surface area contributed by atoms with Crippen LogP contribution in [0.3, 0.4) is 0 Å². The summed E-state index contributed by atoms with van der Waals surface area (Å²) in [5, 5.41) is 11.4. The number of rotatable bonds is 7. The van der Waals surface area contributed by atoms with Gasteiger partial charge in [-0.25, -0.2) is 9.37 Å². The Morgan fingerprint density at radius 2 is 1.66 bits per heavy atom. The maximum Gasteiger partial charge on any atom is 0.224 e. The van der Waals surface area contributed by atoms with Crippen molar-refractivity contribution in [2.75, 3.05) is 29.0 Å². The standard InChI is InChI=1S/C21H18ClFN6/c22-14-1-6-17-18(7-9-24-19(17)13-14)25-11-12-27-21-26-10-8-20(29-21)28-16-4-2-15(23)3-5-16/h1-10,13H,11-12H2,(H,24,25)(H2,26,27,28,29). The van der Waals surface area contributed by atoms with Crippen LogP contribution in [0.4, 0.5) is 27.5 Å². The second kappa shape index (κ2) is 8.70. The van der Waals surface area contributed by atoms with Gasteiger partial charge in [-0.05, 0) is 54.6 Å². The summed E-state index contributed by atoms with van der Waals surface area (Å²) in [6.45, 7) is 1.29. The van der Waals surface area contributed by atoms with E-state index >= 15 is 0 Å². The number of halogens is 2. The third-order valence-corrected chi connectivity index (χ3v) is 4.44. The highest BCUT2D eigenvalue weighted by Crippen LogP contribution is 2.24. The summed E-state index contributed by atoms with van der Waals surface area (Å²) in [5.74, 6) is 0.850. The highest BCUT2D eigenvalue weighted by atomic mass is 35.5. The maximum atomic E-state index is 13.0. The van der Waals surface area contributed by atoms with Crippen molar-refractivity contribution in [3.05, 3.63) is 77.8 Å². The second-order valence-electron chi connectivity index (χ2n) is 6.27. The largest absolute Gasteiger partial charge is 0.383 e. The molecule has 0 fully saturated rings. The average Bonchev–Trinajstić information content (AvgIpc) is 2.73. The zero-order chi connectivity index (χ0) is 20.1. The van der Waals surface area contributed by atoms with E-state index in [-0.39, 0.29) is 5.82 Å². The lowest BCUT2D eigenvalue weighted by Gasteiger charge is -2.11. The molecule has 0 unspecified atom stereocenters. The molecule has 0 aliphatic carbocycles. The molecule has 0 amide bonds. The predicted octanol–water partition coefficient (Wildman–Crippen LogP) is 5.08. The van der Waals surface area contributed by atoms with E-state index in [1.165, 1.54) is 12.1 Å². The Morgan fingerprint density at radius 1 is 0.862 bits per heavy atom. The van der Waals surface area contributed by atoms with Crippen LogP contribution in [-0.2, 0) is 0 Å². The lowest BCUT2D eigenvalue weighted by Crippen LogP contribution is -2.15. The van der Waals surface area contributed by atoms with Crippen molar-refractivity contribution < 1.29 is 4.39 Å². The number of hydrogen-bond donors (Lipinski definition) is 3. The van der Waals surface area contributed by atoms with E-state index < -0.39 is 0 Å². The van der Waals surface area contributed by atoms with Crippen LogP contribution in [0.1, 0.15) is 0 Å². The van der Waals surface area contributed by atoms with Crippen molar-refractivity contribution >= 4 is 45.6 Å². The van der Waals surface area contributed by atoms with Gasteiger partial charge in [0.25, 0.3) is 0 Å². The van der Waals surface area contributed by atoms with Crippen molar-refractivity contribution in [3.63, 3.8) is 0 Å². The Morgan fingerprint density at radius 3 is 2.52 bits per heavy atom. The number of fused-ring (bicyclic) bond motifs is 1. The minimum atomic E-state index is -0.279. The molecule has 0 saturated carbocycles. The Hall–Kier alpha value is -3.45. The van der Waals surface area contributed by atoms with E-state index in [4.69, 9.17) is 11.6 Å². The first-order valence-electron chi connectivity index (χ1n) is 9.05. The van der Waals surface area contributed by atoms with Crippen LogP contribution in [0, 0.1) is 5.82 Å². The van der Waals surface area contributed by atoms with Gasteiger partial charge in [-0.2, -0.15) is 4.98 Å². The summed E-state index contributed by atoms with van der Waals surface area (Å²) in [6, 6.07) is 15.4. The number of pyridine rings is 1. The highest BCUT2D eigenvalue weighted by molar-refractivity contribution is 6.31. The summed E-state index contributed by atoms with van der Waals surface area (Å²) in [6.07, 6.45) is 3.41. The molecule has 2 heterocycles. The molecule has 4 aromatic rings. The SMILES string of the molecule is Fc1ccc(Nc2ccnc(NCCNc3ccnc4cc(Cl)ccc34)n2)cc1. The van der Waals surface area contributed by atoms with Gasteiger partial charge in [0.15, 0.2) is 0 Å². The van der Waals surface area contributed by atoms with Crippen LogP contribution in [0.5, 0.6) is 0 Å². The molecule has 2 aromatic carbocycles. The van der Waals surface area contributed by atoms with Gasteiger partial charge in [0.2, 0.25) is 5.95 Å². The van der Waals surface area contributed by atoms with Crippen molar-refractivity contribution in [2.24, 2.45) is 0 Å². The van der Waals surface area contributed by atoms with E-state index in [0.29, 0.717) is 29.9 Å². The van der Waals surface area contributed by atoms with Gasteiger partial charge in [0.1, 0.15) is 11.6 Å². The van der Waals surface area contributed by atoms with Crippen molar-refractivity contribution in [1.82, 2.24) is 15.0 Å². The first-order valence-corrected chi connectivity index (χ1v) is 9.43. The summed E-state index contributed by atoms with van der Waals surface area (Å²) in [5.41, 5.74) is 2.59. The number of nitrogens with one attached hydrogen (secondary N) is 3. The molecule has 146 valence electrons. The molecule has 0 aliphatic rings. The quantitative estimate of drug-likeness (QED) is 0.370. The molecule has 4 rings (SSSR count). The van der Waals surface area contributed by atoms with Crippen molar-refractivity contribution in [1.29, 1.82) is 0 Å². The lowest BCUT2D eigenvalue weighted by molar-refractivity contribution is 0.628. The molecule has 29 heavy (non-hydrogen) atoms. The minimum Gasteiger partial charge on any atom is -0.383 e. The van der Waals surface area contributed by atoms with E-state index in [1.54, 1.807) is 30.6 Å². The van der Waals surface area contributed by atoms with Gasteiger partial charge in [0.05, 0.1) is 5.52 Å². The predicted molar refractivity (Wildman–Crippen MR) is 115 cm³/mol. The normalized spacial score (nSPS) is 10.7. The summed E-state index contributed by atoms with van der Waals surface area (Å²) in [7, 11) is 0. The highest BCUT2D eigenvalue weighted by Gasteiger charge is 2.03. The van der Waals surface area contributed by atoms with Gasteiger partial charge in [-0.15, -0.1) is 0 Å². The van der Waals surface area contributed by atoms with E-state index in [9.17, 15) is 4.39 Å². The molecular formula is C21H18ClFN6. The van der Waals surface area contributed by atoms with Crippen molar-refractivity contribution in [3.8, 4) is 0 Å². The summed E-state index contributed by atoms with van der Waals surface area (Å²) >= 11 is 6.03. The van der Waals surface area contributed by atoms with Crippen LogP contribution < -0.4 is 16.0 Å². The molecular weight excluding hydrogens is 391 g/mol. The van der Waals surface area contributed by atoms with Gasteiger partial charge in [-0.3, -0.25) is 4.98 Å². The smallest absolute Gasteiger partial charge is 0.224 e. The van der Waals surface area contributed by atoms with Crippen LogP contribution in [0.25, 0.3) is 10.9 Å². The minimum absolute atomic E-state index is 0.279. The van der Waals surface area contributed by atoms with Gasteiger partial charge in [0, 0.05) is 47.3 Å². The first kappa shape index (κ1) is 18.9. The number of aromatic nitrogens is 3. The van der Waals surface area contributed by atoms with E-state index in [0.717, 1.165) is 22.3 Å². The Balaban J connectivity index is 1.34. The number of anilines is 4. The Kier molecular flexibility index (Phi) is 5.67. The van der Waals surface area contributed by atoms with E-state index in [1.807, 2.05) is 24.3 Å². The molecule has 0 radical (unpaired) electrons. The monoisotopic (exact) mass is 408 g/mol. The topological polar surface area (TPSA) is 74.8 Å². The molecule has 2 aromatic heterocycles. The average molecular weight is 409 g/mol. The lowest BCUT2D eigenvalue weighted by atomic mass is 10.2. The van der Waals surface area contributed by atoms with Crippen LogP contribution in [0.2, 0.25) is 5.02 Å². The molecule has 6 nitrogen and oxygen atoms in total. The fourth-order valence-corrected chi connectivity index (χ4v) is 3.01. The molecule has 0 spiro atoms. The molecule has 0 saturated heterocycles. The van der Waals surface area contributed by atoms with Crippen molar-refractivity contribution in [2.45, 2.75) is 0 Å². The second-order valence-corrected chi connectivity index (χ2v) is 6.71. The molecule has 0 bridgehead atoms. The number of nitrogens with zero attached hydrogens (tertiary/aromatic N) is 3. The summed E-state index contributed by atoms with van der Waals surface area (Å²) < 4.78 is 13.0.